The highest BCUT2D eigenvalue weighted by atomic mass is 32.1. The standard InChI is InChI=1S/C21H25N5OS/c1-25-14-16(13-23-25)15-26-10-7-17(8-11-26)20(18-5-2-3-9-22-18)24-21(27)19-6-4-12-28-19/h2-6,9,12-14,17,20H,7-8,10-11,15H2,1H3,(H,24,27). The Labute approximate surface area is 169 Å². The van der Waals surface area contributed by atoms with E-state index in [-0.39, 0.29) is 11.9 Å². The number of pyridine rings is 1. The number of carbonyl (C=O) groups excluding carboxylic acids is 1. The zero-order chi connectivity index (χ0) is 19.3. The van der Waals surface area contributed by atoms with Crippen molar-refractivity contribution >= 4 is 17.2 Å². The van der Waals surface area contributed by atoms with E-state index in [1.807, 2.05) is 53.6 Å². The number of aromatic nitrogens is 3. The maximum atomic E-state index is 12.7. The number of hydrogen-bond donors (Lipinski definition) is 1. The molecule has 0 saturated carbocycles. The lowest BCUT2D eigenvalue weighted by atomic mass is 9.87. The molecule has 4 rings (SSSR count). The summed E-state index contributed by atoms with van der Waals surface area (Å²) in [6.07, 6.45) is 7.88. The van der Waals surface area contributed by atoms with E-state index >= 15 is 0 Å². The van der Waals surface area contributed by atoms with Crippen molar-refractivity contribution < 1.29 is 4.79 Å². The van der Waals surface area contributed by atoms with Crippen molar-refractivity contribution in [3.8, 4) is 0 Å². The molecular weight excluding hydrogens is 370 g/mol. The number of amides is 1. The van der Waals surface area contributed by atoms with E-state index in [0.717, 1.165) is 43.0 Å². The average molecular weight is 396 g/mol. The van der Waals surface area contributed by atoms with Crippen molar-refractivity contribution in [1.82, 2.24) is 25.0 Å². The Balaban J connectivity index is 1.43. The van der Waals surface area contributed by atoms with Gasteiger partial charge in [0, 0.05) is 31.5 Å². The monoisotopic (exact) mass is 395 g/mol. The van der Waals surface area contributed by atoms with Gasteiger partial charge >= 0.3 is 0 Å². The fourth-order valence-electron chi connectivity index (χ4n) is 3.87. The second-order valence-corrected chi connectivity index (χ2v) is 8.27. The summed E-state index contributed by atoms with van der Waals surface area (Å²) in [5.74, 6) is 0.368. The molecule has 1 fully saturated rings. The lowest BCUT2D eigenvalue weighted by molar-refractivity contribution is 0.0892. The Morgan fingerprint density at radius 1 is 1.29 bits per heavy atom. The van der Waals surface area contributed by atoms with Crippen LogP contribution >= 0.6 is 11.3 Å². The normalized spacial score (nSPS) is 16.8. The molecule has 6 nitrogen and oxygen atoms in total. The van der Waals surface area contributed by atoms with Crippen LogP contribution in [-0.4, -0.2) is 38.7 Å². The molecule has 7 heteroatoms. The highest BCUT2D eigenvalue weighted by Gasteiger charge is 2.30. The predicted molar refractivity (Wildman–Crippen MR) is 110 cm³/mol. The summed E-state index contributed by atoms with van der Waals surface area (Å²) in [5, 5.41) is 9.44. The van der Waals surface area contributed by atoms with Crippen LogP contribution in [0.5, 0.6) is 0 Å². The Hall–Kier alpha value is -2.51. The fraction of sp³-hybridized carbons (Fsp3) is 0.381. The molecule has 1 aliphatic heterocycles. The van der Waals surface area contributed by atoms with Gasteiger partial charge in [-0.2, -0.15) is 5.10 Å². The van der Waals surface area contributed by atoms with Gasteiger partial charge in [-0.15, -0.1) is 11.3 Å². The molecule has 1 aliphatic rings. The van der Waals surface area contributed by atoms with Gasteiger partial charge in [0.1, 0.15) is 0 Å². The van der Waals surface area contributed by atoms with Crippen LogP contribution in [0.2, 0.25) is 0 Å². The topological polar surface area (TPSA) is 63.0 Å². The minimum absolute atomic E-state index is 0.0107. The van der Waals surface area contributed by atoms with Crippen LogP contribution in [0.4, 0.5) is 0 Å². The number of nitrogens with one attached hydrogen (secondary N) is 1. The number of thiophene rings is 1. The first-order valence-electron chi connectivity index (χ1n) is 9.64. The van der Waals surface area contributed by atoms with Crippen molar-refractivity contribution in [1.29, 1.82) is 0 Å². The van der Waals surface area contributed by atoms with Gasteiger partial charge in [0.2, 0.25) is 0 Å². The Morgan fingerprint density at radius 2 is 2.14 bits per heavy atom. The van der Waals surface area contributed by atoms with Crippen molar-refractivity contribution in [2.45, 2.75) is 25.4 Å². The second-order valence-electron chi connectivity index (χ2n) is 7.32. The van der Waals surface area contributed by atoms with Crippen molar-refractivity contribution in [2.24, 2.45) is 13.0 Å². The molecule has 1 N–H and O–H groups in total. The number of likely N-dealkylation sites (tertiary alicyclic amines) is 1. The third-order valence-corrected chi connectivity index (χ3v) is 6.17. The first kappa shape index (κ1) is 18.8. The molecule has 1 atom stereocenters. The second kappa shape index (κ2) is 8.67. The van der Waals surface area contributed by atoms with Crippen LogP contribution in [0, 0.1) is 5.92 Å². The quantitative estimate of drug-likeness (QED) is 0.696. The highest BCUT2D eigenvalue weighted by molar-refractivity contribution is 7.12. The summed E-state index contributed by atoms with van der Waals surface area (Å²) in [4.78, 5) is 20.4. The smallest absolute Gasteiger partial charge is 0.261 e. The molecule has 1 unspecified atom stereocenters. The molecule has 0 bridgehead atoms. The molecule has 3 aromatic rings. The zero-order valence-corrected chi connectivity index (χ0v) is 16.8. The van der Waals surface area contributed by atoms with E-state index < -0.39 is 0 Å². The largest absolute Gasteiger partial charge is 0.343 e. The Bertz CT molecular complexity index is 885. The number of carbonyl (C=O) groups is 1. The minimum atomic E-state index is -0.0589. The Morgan fingerprint density at radius 3 is 2.79 bits per heavy atom. The number of piperidine rings is 1. The summed E-state index contributed by atoms with van der Waals surface area (Å²) in [5.41, 5.74) is 2.19. The van der Waals surface area contributed by atoms with Gasteiger partial charge in [0.15, 0.2) is 0 Å². The van der Waals surface area contributed by atoms with Crippen LogP contribution in [0.3, 0.4) is 0 Å². The van der Waals surface area contributed by atoms with Crippen LogP contribution in [0.15, 0.2) is 54.3 Å². The summed E-state index contributed by atoms with van der Waals surface area (Å²) in [6.45, 7) is 2.95. The van der Waals surface area contributed by atoms with Crippen molar-refractivity contribution in [3.05, 3.63) is 70.4 Å². The van der Waals surface area contributed by atoms with E-state index in [0.29, 0.717) is 5.92 Å². The molecule has 3 aromatic heterocycles. The average Bonchev–Trinajstić information content (AvgIpc) is 3.39. The molecule has 0 spiro atoms. The van der Waals surface area contributed by atoms with Crippen LogP contribution in [0.1, 0.15) is 39.8 Å². The van der Waals surface area contributed by atoms with Gasteiger partial charge in [-0.3, -0.25) is 19.4 Å². The molecule has 0 radical (unpaired) electrons. The van der Waals surface area contributed by atoms with E-state index in [1.54, 1.807) is 6.20 Å². The van der Waals surface area contributed by atoms with E-state index in [1.165, 1.54) is 16.9 Å². The first-order valence-corrected chi connectivity index (χ1v) is 10.5. The number of rotatable bonds is 6. The summed E-state index contributed by atoms with van der Waals surface area (Å²) < 4.78 is 1.85. The first-order chi connectivity index (χ1) is 13.7. The molecule has 0 aromatic carbocycles. The summed E-state index contributed by atoms with van der Waals surface area (Å²) in [6, 6.07) is 9.64. The van der Waals surface area contributed by atoms with Crippen molar-refractivity contribution in [3.63, 3.8) is 0 Å². The Kier molecular flexibility index (Phi) is 5.83. The number of nitrogens with zero attached hydrogens (tertiary/aromatic N) is 4. The number of aryl methyl sites for hydroxylation is 1. The molecule has 1 amide bonds. The predicted octanol–water partition coefficient (Wildman–Crippen LogP) is 3.26. The van der Waals surface area contributed by atoms with Gasteiger partial charge in [0.25, 0.3) is 5.91 Å². The SMILES string of the molecule is Cn1cc(CN2CCC(C(NC(=O)c3cccs3)c3ccccn3)CC2)cn1. The lowest BCUT2D eigenvalue weighted by Crippen LogP contribution is -2.40. The van der Waals surface area contributed by atoms with Crippen molar-refractivity contribution in [2.75, 3.05) is 13.1 Å². The van der Waals surface area contributed by atoms with Crippen LogP contribution in [-0.2, 0) is 13.6 Å². The molecule has 0 aliphatic carbocycles. The summed E-state index contributed by atoms with van der Waals surface area (Å²) in [7, 11) is 1.95. The zero-order valence-electron chi connectivity index (χ0n) is 16.0. The van der Waals surface area contributed by atoms with Gasteiger partial charge in [-0.1, -0.05) is 12.1 Å². The third kappa shape index (κ3) is 4.48. The highest BCUT2D eigenvalue weighted by Crippen LogP contribution is 2.31. The van der Waals surface area contributed by atoms with Crippen LogP contribution in [0.25, 0.3) is 0 Å². The molecule has 4 heterocycles. The summed E-state index contributed by atoms with van der Waals surface area (Å²) >= 11 is 1.47. The number of hydrogen-bond acceptors (Lipinski definition) is 5. The van der Waals surface area contributed by atoms with E-state index in [9.17, 15) is 4.79 Å². The van der Waals surface area contributed by atoms with Gasteiger partial charge < -0.3 is 5.32 Å². The lowest BCUT2D eigenvalue weighted by Gasteiger charge is -2.36. The maximum absolute atomic E-state index is 12.7. The molecule has 1 saturated heterocycles. The minimum Gasteiger partial charge on any atom is -0.343 e. The molecule has 146 valence electrons. The van der Waals surface area contributed by atoms with Gasteiger partial charge in [0.05, 0.1) is 22.8 Å². The van der Waals surface area contributed by atoms with E-state index in [4.69, 9.17) is 0 Å². The fourth-order valence-corrected chi connectivity index (χ4v) is 4.50. The molecular formula is C21H25N5OS. The van der Waals surface area contributed by atoms with Crippen LogP contribution < -0.4 is 5.32 Å². The third-order valence-electron chi connectivity index (χ3n) is 5.31. The van der Waals surface area contributed by atoms with E-state index in [2.05, 4.69) is 26.5 Å². The van der Waals surface area contributed by atoms with Gasteiger partial charge in [-0.25, -0.2) is 0 Å². The molecule has 28 heavy (non-hydrogen) atoms. The maximum Gasteiger partial charge on any atom is 0.261 e. The van der Waals surface area contributed by atoms with Gasteiger partial charge in [-0.05, 0) is 55.4 Å².